The second-order valence-corrected chi connectivity index (χ2v) is 3.55. The second-order valence-electron chi connectivity index (χ2n) is 3.55. The number of nitrogens with one attached hydrogen (secondary N) is 1. The summed E-state index contributed by atoms with van der Waals surface area (Å²) in [6.07, 6.45) is 6.50. The highest BCUT2D eigenvalue weighted by Gasteiger charge is 2.21. The zero-order valence-electron chi connectivity index (χ0n) is 7.68. The maximum absolute atomic E-state index is 10.9. The first-order valence-electron chi connectivity index (χ1n) is 4.67. The Morgan fingerprint density at radius 1 is 1.58 bits per heavy atom. The highest BCUT2D eigenvalue weighted by atomic mass is 16.1. The van der Waals surface area contributed by atoms with Crippen LogP contribution in [0.15, 0.2) is 12.7 Å². The molecule has 0 aromatic carbocycles. The maximum Gasteiger partial charge on any atom is 0.243 e. The molecule has 68 valence electrons. The topological polar surface area (TPSA) is 29.1 Å². The number of amides is 1. The predicted molar refractivity (Wildman–Crippen MR) is 49.8 cm³/mol. The number of rotatable bonds is 3. The van der Waals surface area contributed by atoms with Crippen molar-refractivity contribution in [2.45, 2.75) is 38.6 Å². The zero-order chi connectivity index (χ0) is 8.97. The van der Waals surface area contributed by atoms with Crippen LogP contribution in [0.25, 0.3) is 0 Å². The number of carbonyl (C=O) groups excluding carboxylic acids is 1. The van der Waals surface area contributed by atoms with Crippen LogP contribution in [0.2, 0.25) is 0 Å². The Hall–Kier alpha value is -0.790. The van der Waals surface area contributed by atoms with Crippen LogP contribution in [-0.2, 0) is 4.79 Å². The van der Waals surface area contributed by atoms with Crippen LogP contribution in [0.1, 0.15) is 32.6 Å². The molecule has 1 amide bonds. The first-order chi connectivity index (χ1) is 5.74. The van der Waals surface area contributed by atoms with Crippen molar-refractivity contribution in [2.75, 3.05) is 0 Å². The third-order valence-corrected chi connectivity index (χ3v) is 2.66. The van der Waals surface area contributed by atoms with Gasteiger partial charge in [-0.3, -0.25) is 4.79 Å². The summed E-state index contributed by atoms with van der Waals surface area (Å²) in [4.78, 5) is 10.9. The zero-order valence-corrected chi connectivity index (χ0v) is 7.68. The molecule has 2 heteroatoms. The molecule has 0 aromatic heterocycles. The fraction of sp³-hybridized carbons (Fsp3) is 0.700. The summed E-state index contributed by atoms with van der Waals surface area (Å²) in [5.74, 6) is 0.642. The fourth-order valence-electron chi connectivity index (χ4n) is 1.86. The highest BCUT2D eigenvalue weighted by molar-refractivity contribution is 5.87. The SMILES string of the molecule is C=CC(=O)N[C@@H](C)C1CCCC1. The van der Waals surface area contributed by atoms with E-state index in [9.17, 15) is 4.79 Å². The molecule has 1 N–H and O–H groups in total. The molecule has 1 aliphatic carbocycles. The monoisotopic (exact) mass is 167 g/mol. The Labute approximate surface area is 74.0 Å². The molecule has 1 saturated carbocycles. The molecule has 0 saturated heterocycles. The van der Waals surface area contributed by atoms with Crippen LogP contribution in [0, 0.1) is 5.92 Å². The smallest absolute Gasteiger partial charge is 0.243 e. The molecule has 1 atom stereocenters. The summed E-state index contributed by atoms with van der Waals surface area (Å²) in [7, 11) is 0. The molecule has 0 radical (unpaired) electrons. The fourth-order valence-corrected chi connectivity index (χ4v) is 1.86. The van der Waals surface area contributed by atoms with Crippen molar-refractivity contribution in [3.63, 3.8) is 0 Å². The second kappa shape index (κ2) is 4.29. The van der Waals surface area contributed by atoms with Gasteiger partial charge in [-0.05, 0) is 31.8 Å². The van der Waals surface area contributed by atoms with Crippen molar-refractivity contribution < 1.29 is 4.79 Å². The van der Waals surface area contributed by atoms with E-state index < -0.39 is 0 Å². The van der Waals surface area contributed by atoms with Crippen molar-refractivity contribution in [1.82, 2.24) is 5.32 Å². The van der Waals surface area contributed by atoms with Gasteiger partial charge in [0.15, 0.2) is 0 Å². The molecule has 1 aliphatic rings. The van der Waals surface area contributed by atoms with Gasteiger partial charge >= 0.3 is 0 Å². The standard InChI is InChI=1S/C10H17NO/c1-3-10(12)11-8(2)9-6-4-5-7-9/h3,8-9H,1,4-7H2,2H3,(H,11,12)/t8-/m0/s1. The van der Waals surface area contributed by atoms with E-state index in [2.05, 4.69) is 18.8 Å². The Kier molecular flexibility index (Phi) is 3.32. The lowest BCUT2D eigenvalue weighted by molar-refractivity contribution is -0.117. The molecule has 2 nitrogen and oxygen atoms in total. The summed E-state index contributed by atoms with van der Waals surface area (Å²) in [5, 5.41) is 2.91. The van der Waals surface area contributed by atoms with E-state index in [1.54, 1.807) is 0 Å². The van der Waals surface area contributed by atoms with Crippen LogP contribution in [-0.4, -0.2) is 11.9 Å². The molecule has 0 spiro atoms. The van der Waals surface area contributed by atoms with Crippen LogP contribution in [0.4, 0.5) is 0 Å². The predicted octanol–water partition coefficient (Wildman–Crippen LogP) is 1.87. The maximum atomic E-state index is 10.9. The lowest BCUT2D eigenvalue weighted by Gasteiger charge is -2.19. The van der Waals surface area contributed by atoms with Crippen LogP contribution in [0.3, 0.4) is 0 Å². The third-order valence-electron chi connectivity index (χ3n) is 2.66. The first kappa shape index (κ1) is 9.30. The van der Waals surface area contributed by atoms with Crippen molar-refractivity contribution in [3.05, 3.63) is 12.7 Å². The first-order valence-corrected chi connectivity index (χ1v) is 4.67. The van der Waals surface area contributed by atoms with Gasteiger partial charge in [0.25, 0.3) is 0 Å². The van der Waals surface area contributed by atoms with Gasteiger partial charge in [0.1, 0.15) is 0 Å². The van der Waals surface area contributed by atoms with E-state index in [0.717, 1.165) is 0 Å². The molecule has 0 aliphatic heterocycles. The molecule has 12 heavy (non-hydrogen) atoms. The van der Waals surface area contributed by atoms with E-state index in [-0.39, 0.29) is 5.91 Å². The van der Waals surface area contributed by atoms with Crippen LogP contribution < -0.4 is 5.32 Å². The number of hydrogen-bond acceptors (Lipinski definition) is 1. The Morgan fingerprint density at radius 2 is 2.17 bits per heavy atom. The molecule has 0 unspecified atom stereocenters. The summed E-state index contributed by atoms with van der Waals surface area (Å²) < 4.78 is 0. The Bertz CT molecular complexity index is 171. The summed E-state index contributed by atoms with van der Waals surface area (Å²) in [6.45, 7) is 5.51. The summed E-state index contributed by atoms with van der Waals surface area (Å²) in [5.41, 5.74) is 0. The normalized spacial score (nSPS) is 20.4. The Morgan fingerprint density at radius 3 is 2.67 bits per heavy atom. The van der Waals surface area contributed by atoms with Crippen LogP contribution in [0.5, 0.6) is 0 Å². The van der Waals surface area contributed by atoms with Crippen molar-refractivity contribution >= 4 is 5.91 Å². The molecule has 0 bridgehead atoms. The molecule has 1 fully saturated rings. The van der Waals surface area contributed by atoms with E-state index in [4.69, 9.17) is 0 Å². The average molecular weight is 167 g/mol. The highest BCUT2D eigenvalue weighted by Crippen LogP contribution is 2.27. The molecule has 0 heterocycles. The summed E-state index contributed by atoms with van der Waals surface area (Å²) in [6, 6.07) is 0.318. The summed E-state index contributed by atoms with van der Waals surface area (Å²) >= 11 is 0. The van der Waals surface area contributed by atoms with E-state index in [1.807, 2.05) is 0 Å². The van der Waals surface area contributed by atoms with Crippen molar-refractivity contribution in [1.29, 1.82) is 0 Å². The minimum Gasteiger partial charge on any atom is -0.350 e. The Balaban J connectivity index is 2.31. The lowest BCUT2D eigenvalue weighted by atomic mass is 10.00. The third kappa shape index (κ3) is 2.36. The minimum atomic E-state index is -0.0469. The van der Waals surface area contributed by atoms with Crippen molar-refractivity contribution in [3.8, 4) is 0 Å². The van der Waals surface area contributed by atoms with Gasteiger partial charge in [0.2, 0.25) is 5.91 Å². The van der Waals surface area contributed by atoms with E-state index in [0.29, 0.717) is 12.0 Å². The number of hydrogen-bond donors (Lipinski definition) is 1. The molecular weight excluding hydrogens is 150 g/mol. The van der Waals surface area contributed by atoms with Gasteiger partial charge in [-0.1, -0.05) is 19.4 Å². The molecule has 0 aromatic rings. The van der Waals surface area contributed by atoms with Crippen molar-refractivity contribution in [2.24, 2.45) is 5.92 Å². The molecule has 1 rings (SSSR count). The van der Waals surface area contributed by atoms with Gasteiger partial charge in [0.05, 0.1) is 0 Å². The largest absolute Gasteiger partial charge is 0.350 e. The van der Waals surface area contributed by atoms with Crippen LogP contribution >= 0.6 is 0 Å². The van der Waals surface area contributed by atoms with E-state index >= 15 is 0 Å². The lowest BCUT2D eigenvalue weighted by Crippen LogP contribution is -2.35. The quantitative estimate of drug-likeness (QED) is 0.639. The van der Waals surface area contributed by atoms with Gasteiger partial charge in [-0.25, -0.2) is 0 Å². The average Bonchev–Trinajstić information content (AvgIpc) is 2.56. The number of carbonyl (C=O) groups is 1. The van der Waals surface area contributed by atoms with E-state index in [1.165, 1.54) is 31.8 Å². The van der Waals surface area contributed by atoms with Gasteiger partial charge in [-0.2, -0.15) is 0 Å². The van der Waals surface area contributed by atoms with Gasteiger partial charge in [-0.15, -0.1) is 0 Å². The van der Waals surface area contributed by atoms with Gasteiger partial charge < -0.3 is 5.32 Å². The molecular formula is C10H17NO. The minimum absolute atomic E-state index is 0.0469. The van der Waals surface area contributed by atoms with Gasteiger partial charge in [0, 0.05) is 6.04 Å².